The van der Waals surface area contributed by atoms with Crippen molar-refractivity contribution in [1.82, 2.24) is 0 Å². The third-order valence-corrected chi connectivity index (χ3v) is 4.17. The number of methoxy groups -OCH3 is 2. The quantitative estimate of drug-likeness (QED) is 0.648. The largest absolute Gasteiger partial charge is 0.497 e. The van der Waals surface area contributed by atoms with Gasteiger partial charge in [0.15, 0.2) is 0 Å². The Morgan fingerprint density at radius 1 is 0.808 bits per heavy atom. The number of amides is 1. The Labute approximate surface area is 153 Å². The predicted molar refractivity (Wildman–Crippen MR) is 104 cm³/mol. The van der Waals surface area contributed by atoms with Crippen LogP contribution in [0.5, 0.6) is 11.5 Å². The van der Waals surface area contributed by atoms with Crippen molar-refractivity contribution in [2.45, 2.75) is 6.92 Å². The maximum atomic E-state index is 12.5. The van der Waals surface area contributed by atoms with E-state index in [1.165, 1.54) is 0 Å². The van der Waals surface area contributed by atoms with E-state index in [1.807, 2.05) is 72.8 Å². The minimum atomic E-state index is -0.0591. The number of hydrogen-bond acceptors (Lipinski definition) is 3. The maximum absolute atomic E-state index is 12.5. The Kier molecular flexibility index (Phi) is 5.23. The van der Waals surface area contributed by atoms with E-state index in [1.54, 1.807) is 26.0 Å². The number of carbonyl (C=O) groups is 1. The van der Waals surface area contributed by atoms with Crippen LogP contribution in [-0.4, -0.2) is 20.1 Å². The zero-order chi connectivity index (χ0) is 18.5. The van der Waals surface area contributed by atoms with Gasteiger partial charge in [-0.25, -0.2) is 0 Å². The first kappa shape index (κ1) is 17.5. The molecule has 3 aromatic carbocycles. The van der Waals surface area contributed by atoms with Crippen molar-refractivity contribution in [2.24, 2.45) is 0 Å². The van der Waals surface area contributed by atoms with E-state index in [9.17, 15) is 4.79 Å². The van der Waals surface area contributed by atoms with Crippen LogP contribution in [0.1, 0.15) is 6.92 Å². The average Bonchev–Trinajstić information content (AvgIpc) is 2.68. The van der Waals surface area contributed by atoms with Gasteiger partial charge in [-0.1, -0.05) is 36.4 Å². The summed E-state index contributed by atoms with van der Waals surface area (Å²) in [7, 11) is 3.25. The molecule has 0 atom stereocenters. The highest BCUT2D eigenvalue weighted by Gasteiger charge is 2.20. The highest BCUT2D eigenvalue weighted by Crippen LogP contribution is 2.40. The van der Waals surface area contributed by atoms with Gasteiger partial charge < -0.3 is 9.47 Å². The molecule has 0 bridgehead atoms. The van der Waals surface area contributed by atoms with Crippen LogP contribution in [0.3, 0.4) is 0 Å². The van der Waals surface area contributed by atoms with Crippen molar-refractivity contribution in [3.63, 3.8) is 0 Å². The first-order valence-electron chi connectivity index (χ1n) is 8.33. The highest BCUT2D eigenvalue weighted by atomic mass is 16.5. The number of carbonyl (C=O) groups excluding carboxylic acids is 1. The summed E-state index contributed by atoms with van der Waals surface area (Å²) < 4.78 is 10.8. The van der Waals surface area contributed by atoms with Gasteiger partial charge in [0.05, 0.1) is 19.9 Å². The highest BCUT2D eigenvalue weighted by molar-refractivity contribution is 6.03. The van der Waals surface area contributed by atoms with Gasteiger partial charge in [0.25, 0.3) is 0 Å². The van der Waals surface area contributed by atoms with Crippen LogP contribution in [0.15, 0.2) is 72.8 Å². The summed E-state index contributed by atoms with van der Waals surface area (Å²) in [5, 5.41) is 0. The fourth-order valence-corrected chi connectivity index (χ4v) is 2.98. The van der Waals surface area contributed by atoms with Gasteiger partial charge in [-0.2, -0.15) is 0 Å². The monoisotopic (exact) mass is 347 g/mol. The van der Waals surface area contributed by atoms with Crippen molar-refractivity contribution < 1.29 is 14.3 Å². The molecular formula is C22H21NO3. The van der Waals surface area contributed by atoms with E-state index in [2.05, 4.69) is 0 Å². The summed E-state index contributed by atoms with van der Waals surface area (Å²) in [5.74, 6) is 1.35. The van der Waals surface area contributed by atoms with Crippen molar-refractivity contribution in [2.75, 3.05) is 19.1 Å². The summed E-state index contributed by atoms with van der Waals surface area (Å²) >= 11 is 0. The molecule has 0 saturated carbocycles. The van der Waals surface area contributed by atoms with Crippen LogP contribution in [0.25, 0.3) is 11.1 Å². The lowest BCUT2D eigenvalue weighted by Crippen LogP contribution is -2.23. The molecule has 0 aliphatic heterocycles. The molecule has 1 amide bonds. The van der Waals surface area contributed by atoms with Crippen molar-refractivity contribution in [3.05, 3.63) is 72.8 Å². The topological polar surface area (TPSA) is 38.8 Å². The van der Waals surface area contributed by atoms with Gasteiger partial charge in [-0.05, 0) is 30.3 Å². The molecular weight excluding hydrogens is 326 g/mol. The Morgan fingerprint density at radius 2 is 1.50 bits per heavy atom. The standard InChI is InChI=1S/C22H21NO3/c1-16(24)23(17-9-5-4-6-10-17)21-12-8-7-11-19(21)20-14-13-18(25-2)15-22(20)26-3/h4-15H,1-3H3. The lowest BCUT2D eigenvalue weighted by atomic mass is 10.0. The molecule has 0 heterocycles. The van der Waals surface area contributed by atoms with E-state index >= 15 is 0 Å². The summed E-state index contributed by atoms with van der Waals surface area (Å²) in [6, 6.07) is 23.1. The van der Waals surface area contributed by atoms with E-state index in [4.69, 9.17) is 9.47 Å². The molecule has 0 saturated heterocycles. The van der Waals surface area contributed by atoms with Crippen molar-refractivity contribution >= 4 is 17.3 Å². The SMILES string of the molecule is COc1ccc(-c2ccccc2N(C(C)=O)c2ccccc2)c(OC)c1. The molecule has 132 valence electrons. The average molecular weight is 347 g/mol. The van der Waals surface area contributed by atoms with Crippen LogP contribution in [-0.2, 0) is 4.79 Å². The van der Waals surface area contributed by atoms with E-state index in [0.717, 1.165) is 28.3 Å². The van der Waals surface area contributed by atoms with Gasteiger partial charge >= 0.3 is 0 Å². The molecule has 3 aromatic rings. The molecule has 0 unspecified atom stereocenters. The lowest BCUT2D eigenvalue weighted by Gasteiger charge is -2.25. The number of para-hydroxylation sites is 2. The third kappa shape index (κ3) is 3.40. The summed E-state index contributed by atoms with van der Waals surface area (Å²) in [5.41, 5.74) is 3.42. The number of ether oxygens (including phenoxy) is 2. The molecule has 0 aliphatic rings. The van der Waals surface area contributed by atoms with Crippen LogP contribution in [0.2, 0.25) is 0 Å². The number of hydrogen-bond donors (Lipinski definition) is 0. The van der Waals surface area contributed by atoms with Gasteiger partial charge in [0, 0.05) is 29.8 Å². The zero-order valence-electron chi connectivity index (χ0n) is 15.1. The Hall–Kier alpha value is -3.27. The van der Waals surface area contributed by atoms with E-state index in [-0.39, 0.29) is 5.91 Å². The van der Waals surface area contributed by atoms with Crippen LogP contribution in [0.4, 0.5) is 11.4 Å². The second-order valence-electron chi connectivity index (χ2n) is 5.77. The second kappa shape index (κ2) is 7.74. The van der Waals surface area contributed by atoms with Crippen LogP contribution < -0.4 is 14.4 Å². The summed E-state index contributed by atoms with van der Waals surface area (Å²) in [6.45, 7) is 1.56. The van der Waals surface area contributed by atoms with Crippen LogP contribution >= 0.6 is 0 Å². The fourth-order valence-electron chi connectivity index (χ4n) is 2.98. The van der Waals surface area contributed by atoms with E-state index < -0.39 is 0 Å². The van der Waals surface area contributed by atoms with Gasteiger partial charge in [-0.15, -0.1) is 0 Å². The minimum Gasteiger partial charge on any atom is -0.497 e. The zero-order valence-corrected chi connectivity index (χ0v) is 15.1. The maximum Gasteiger partial charge on any atom is 0.228 e. The number of rotatable bonds is 5. The molecule has 0 spiro atoms. The molecule has 0 aliphatic carbocycles. The van der Waals surface area contributed by atoms with Crippen molar-refractivity contribution in [3.8, 4) is 22.6 Å². The van der Waals surface area contributed by atoms with Gasteiger partial charge in [-0.3, -0.25) is 9.69 Å². The first-order valence-corrected chi connectivity index (χ1v) is 8.33. The number of anilines is 2. The number of benzene rings is 3. The predicted octanol–water partition coefficient (Wildman–Crippen LogP) is 5.06. The number of nitrogens with zero attached hydrogens (tertiary/aromatic N) is 1. The molecule has 4 heteroatoms. The molecule has 0 fully saturated rings. The Morgan fingerprint density at radius 3 is 2.15 bits per heavy atom. The molecule has 3 rings (SSSR count). The van der Waals surface area contributed by atoms with Gasteiger partial charge in [0.2, 0.25) is 5.91 Å². The fraction of sp³-hybridized carbons (Fsp3) is 0.136. The Bertz CT molecular complexity index is 906. The van der Waals surface area contributed by atoms with E-state index in [0.29, 0.717) is 5.75 Å². The molecule has 0 aromatic heterocycles. The lowest BCUT2D eigenvalue weighted by molar-refractivity contribution is -0.115. The molecule has 4 nitrogen and oxygen atoms in total. The first-order chi connectivity index (χ1) is 12.7. The molecule has 26 heavy (non-hydrogen) atoms. The summed E-state index contributed by atoms with van der Waals surface area (Å²) in [6.07, 6.45) is 0. The third-order valence-electron chi connectivity index (χ3n) is 4.17. The molecule has 0 radical (unpaired) electrons. The van der Waals surface area contributed by atoms with Crippen LogP contribution in [0, 0.1) is 0 Å². The Balaban J connectivity index is 2.19. The normalized spacial score (nSPS) is 10.3. The van der Waals surface area contributed by atoms with Crippen molar-refractivity contribution in [1.29, 1.82) is 0 Å². The smallest absolute Gasteiger partial charge is 0.228 e. The summed E-state index contributed by atoms with van der Waals surface area (Å²) in [4.78, 5) is 14.2. The molecule has 0 N–H and O–H groups in total. The van der Waals surface area contributed by atoms with Gasteiger partial charge in [0.1, 0.15) is 11.5 Å². The second-order valence-corrected chi connectivity index (χ2v) is 5.77. The minimum absolute atomic E-state index is 0.0591.